The van der Waals surface area contributed by atoms with E-state index in [4.69, 9.17) is 10.5 Å². The molecular formula is C15H13BrFNO. The molecule has 98 valence electrons. The summed E-state index contributed by atoms with van der Waals surface area (Å²) in [6, 6.07) is 9.98. The van der Waals surface area contributed by atoms with Gasteiger partial charge in [-0.15, -0.1) is 0 Å². The maximum absolute atomic E-state index is 13.3. The molecule has 1 aliphatic heterocycles. The van der Waals surface area contributed by atoms with Gasteiger partial charge in [-0.05, 0) is 35.4 Å². The van der Waals surface area contributed by atoms with E-state index in [9.17, 15) is 4.39 Å². The maximum atomic E-state index is 13.3. The summed E-state index contributed by atoms with van der Waals surface area (Å²) in [6.07, 6.45) is 0.887. The first kappa shape index (κ1) is 12.6. The van der Waals surface area contributed by atoms with Crippen molar-refractivity contribution >= 4 is 15.9 Å². The first-order valence-electron chi connectivity index (χ1n) is 6.11. The second-order valence-electron chi connectivity index (χ2n) is 4.61. The fourth-order valence-corrected chi connectivity index (χ4v) is 2.93. The Morgan fingerprint density at radius 1 is 1.26 bits per heavy atom. The van der Waals surface area contributed by atoms with Gasteiger partial charge in [0.2, 0.25) is 0 Å². The molecule has 4 heteroatoms. The van der Waals surface area contributed by atoms with E-state index in [0.717, 1.165) is 33.3 Å². The Morgan fingerprint density at radius 2 is 2.11 bits per heavy atom. The van der Waals surface area contributed by atoms with Crippen LogP contribution in [0.2, 0.25) is 0 Å². The van der Waals surface area contributed by atoms with Crippen molar-refractivity contribution in [2.24, 2.45) is 5.73 Å². The van der Waals surface area contributed by atoms with Crippen LogP contribution in [-0.4, -0.2) is 6.61 Å². The van der Waals surface area contributed by atoms with Gasteiger partial charge in [0.1, 0.15) is 11.6 Å². The number of halogens is 2. The number of benzene rings is 2. The van der Waals surface area contributed by atoms with E-state index in [1.807, 2.05) is 18.2 Å². The third-order valence-electron chi connectivity index (χ3n) is 3.32. The molecule has 2 aromatic rings. The van der Waals surface area contributed by atoms with E-state index in [1.54, 1.807) is 6.07 Å². The Morgan fingerprint density at radius 3 is 2.89 bits per heavy atom. The fourth-order valence-electron chi connectivity index (χ4n) is 2.41. The predicted molar refractivity (Wildman–Crippen MR) is 75.8 cm³/mol. The van der Waals surface area contributed by atoms with E-state index in [1.165, 1.54) is 12.1 Å². The molecule has 0 spiro atoms. The summed E-state index contributed by atoms with van der Waals surface area (Å²) in [5.74, 6) is 0.570. The van der Waals surface area contributed by atoms with E-state index < -0.39 is 0 Å². The Kier molecular flexibility index (Phi) is 3.29. The summed E-state index contributed by atoms with van der Waals surface area (Å²) in [6.45, 7) is 0.675. The summed E-state index contributed by atoms with van der Waals surface area (Å²) in [7, 11) is 0. The Hall–Kier alpha value is -1.39. The monoisotopic (exact) mass is 321 g/mol. The lowest BCUT2D eigenvalue weighted by Crippen LogP contribution is -2.13. The molecule has 0 amide bonds. The van der Waals surface area contributed by atoms with Crippen molar-refractivity contribution in [3.05, 3.63) is 63.4 Å². The predicted octanol–water partition coefficient (Wildman–Crippen LogP) is 3.57. The molecule has 1 heterocycles. The maximum Gasteiger partial charge on any atom is 0.127 e. The van der Waals surface area contributed by atoms with E-state index in [0.29, 0.717) is 6.61 Å². The van der Waals surface area contributed by atoms with Gasteiger partial charge in [-0.2, -0.15) is 0 Å². The second kappa shape index (κ2) is 4.94. The van der Waals surface area contributed by atoms with Gasteiger partial charge in [0.15, 0.2) is 0 Å². The van der Waals surface area contributed by atoms with Crippen LogP contribution in [0.1, 0.15) is 22.7 Å². The van der Waals surface area contributed by atoms with Crippen LogP contribution < -0.4 is 10.5 Å². The van der Waals surface area contributed by atoms with Gasteiger partial charge in [0.05, 0.1) is 12.6 Å². The smallest absolute Gasteiger partial charge is 0.127 e. The summed E-state index contributed by atoms with van der Waals surface area (Å²) < 4.78 is 19.9. The minimum atomic E-state index is -0.389. The molecule has 0 aromatic heterocycles. The molecule has 0 saturated carbocycles. The lowest BCUT2D eigenvalue weighted by atomic mass is 9.96. The Balaban J connectivity index is 2.07. The highest BCUT2D eigenvalue weighted by molar-refractivity contribution is 9.10. The van der Waals surface area contributed by atoms with Gasteiger partial charge < -0.3 is 10.5 Å². The number of hydrogen-bond donors (Lipinski definition) is 1. The minimum Gasteiger partial charge on any atom is -0.493 e. The normalized spacial score (nSPS) is 14.9. The number of hydrogen-bond acceptors (Lipinski definition) is 2. The van der Waals surface area contributed by atoms with Crippen molar-refractivity contribution in [3.8, 4) is 5.75 Å². The summed E-state index contributed by atoms with van der Waals surface area (Å²) in [5, 5.41) is 0. The first-order chi connectivity index (χ1) is 9.15. The minimum absolute atomic E-state index is 0.277. The fraction of sp³-hybridized carbons (Fsp3) is 0.200. The number of nitrogens with two attached hydrogens (primary N) is 1. The highest BCUT2D eigenvalue weighted by Gasteiger charge is 2.22. The molecule has 19 heavy (non-hydrogen) atoms. The molecule has 3 rings (SSSR count). The average molecular weight is 322 g/mol. The van der Waals surface area contributed by atoms with Crippen LogP contribution in [0.3, 0.4) is 0 Å². The molecule has 2 aromatic carbocycles. The average Bonchev–Trinajstić information content (AvgIpc) is 2.85. The third-order valence-corrected chi connectivity index (χ3v) is 3.78. The summed E-state index contributed by atoms with van der Waals surface area (Å²) in [4.78, 5) is 0. The number of fused-ring (bicyclic) bond motifs is 1. The molecule has 0 bridgehead atoms. The van der Waals surface area contributed by atoms with Crippen LogP contribution in [0.5, 0.6) is 5.75 Å². The highest BCUT2D eigenvalue weighted by Crippen LogP contribution is 2.37. The third kappa shape index (κ3) is 2.38. The molecular weight excluding hydrogens is 309 g/mol. The zero-order valence-electron chi connectivity index (χ0n) is 10.2. The van der Waals surface area contributed by atoms with Gasteiger partial charge in [0, 0.05) is 16.5 Å². The number of ether oxygens (including phenoxy) is 1. The van der Waals surface area contributed by atoms with Crippen LogP contribution >= 0.6 is 15.9 Å². The van der Waals surface area contributed by atoms with E-state index in [-0.39, 0.29) is 11.9 Å². The van der Waals surface area contributed by atoms with Gasteiger partial charge in [-0.3, -0.25) is 0 Å². The van der Waals surface area contributed by atoms with E-state index in [2.05, 4.69) is 15.9 Å². The van der Waals surface area contributed by atoms with Gasteiger partial charge in [-0.1, -0.05) is 28.1 Å². The standard InChI is InChI=1S/C15H13BrFNO/c16-11-6-10-4-5-19-15(10)13(8-11)14(18)9-2-1-3-12(17)7-9/h1-3,6-8,14H,4-5,18H2. The van der Waals surface area contributed by atoms with Crippen molar-refractivity contribution < 1.29 is 9.13 Å². The van der Waals surface area contributed by atoms with Crippen molar-refractivity contribution in [2.45, 2.75) is 12.5 Å². The number of rotatable bonds is 2. The highest BCUT2D eigenvalue weighted by atomic mass is 79.9. The molecule has 0 aliphatic carbocycles. The van der Waals surface area contributed by atoms with Gasteiger partial charge in [0.25, 0.3) is 0 Å². The quantitative estimate of drug-likeness (QED) is 0.917. The zero-order valence-corrected chi connectivity index (χ0v) is 11.8. The topological polar surface area (TPSA) is 35.2 Å². The summed E-state index contributed by atoms with van der Waals surface area (Å²) in [5.41, 5.74) is 9.05. The molecule has 1 atom stereocenters. The SMILES string of the molecule is NC(c1cccc(F)c1)c1cc(Br)cc2c1OCC2. The second-order valence-corrected chi connectivity index (χ2v) is 5.53. The molecule has 2 nitrogen and oxygen atoms in total. The van der Waals surface area contributed by atoms with Crippen molar-refractivity contribution in [2.75, 3.05) is 6.61 Å². The van der Waals surface area contributed by atoms with Crippen LogP contribution in [-0.2, 0) is 6.42 Å². The van der Waals surface area contributed by atoms with Crippen LogP contribution in [0.25, 0.3) is 0 Å². The lowest BCUT2D eigenvalue weighted by molar-refractivity contribution is 0.352. The molecule has 2 N–H and O–H groups in total. The van der Waals surface area contributed by atoms with Gasteiger partial charge >= 0.3 is 0 Å². The lowest BCUT2D eigenvalue weighted by Gasteiger charge is -2.16. The zero-order chi connectivity index (χ0) is 13.4. The molecule has 0 radical (unpaired) electrons. The van der Waals surface area contributed by atoms with Gasteiger partial charge in [-0.25, -0.2) is 4.39 Å². The first-order valence-corrected chi connectivity index (χ1v) is 6.90. The van der Waals surface area contributed by atoms with Crippen molar-refractivity contribution in [3.63, 3.8) is 0 Å². The summed E-state index contributed by atoms with van der Waals surface area (Å²) >= 11 is 3.49. The van der Waals surface area contributed by atoms with Crippen molar-refractivity contribution in [1.82, 2.24) is 0 Å². The Bertz CT molecular complexity index is 630. The van der Waals surface area contributed by atoms with E-state index >= 15 is 0 Å². The largest absolute Gasteiger partial charge is 0.493 e. The van der Waals surface area contributed by atoms with Crippen LogP contribution in [0, 0.1) is 5.82 Å². The molecule has 1 aliphatic rings. The molecule has 1 unspecified atom stereocenters. The van der Waals surface area contributed by atoms with Crippen LogP contribution in [0.15, 0.2) is 40.9 Å². The molecule has 0 saturated heterocycles. The van der Waals surface area contributed by atoms with Crippen molar-refractivity contribution in [1.29, 1.82) is 0 Å². The van der Waals surface area contributed by atoms with Crippen LogP contribution in [0.4, 0.5) is 4.39 Å². The Labute approximate surface area is 119 Å². The molecule has 0 fully saturated rings.